The Hall–Kier alpha value is -1.50. The van der Waals surface area contributed by atoms with E-state index in [2.05, 4.69) is 11.8 Å². The first-order valence-corrected chi connectivity index (χ1v) is 8.99. The van der Waals surface area contributed by atoms with Crippen LogP contribution in [0.5, 0.6) is 11.5 Å². The zero-order chi connectivity index (χ0) is 18.0. The van der Waals surface area contributed by atoms with E-state index >= 15 is 0 Å². The van der Waals surface area contributed by atoms with Crippen molar-refractivity contribution in [2.24, 2.45) is 11.1 Å². The van der Waals surface area contributed by atoms with E-state index < -0.39 is 0 Å². The summed E-state index contributed by atoms with van der Waals surface area (Å²) in [5.41, 5.74) is 6.00. The number of halogens is 1. The molecule has 0 saturated carbocycles. The van der Waals surface area contributed by atoms with E-state index in [9.17, 15) is 4.79 Å². The van der Waals surface area contributed by atoms with Gasteiger partial charge in [0, 0.05) is 13.6 Å². The van der Waals surface area contributed by atoms with E-state index in [1.54, 1.807) is 4.90 Å². The average Bonchev–Trinajstić information content (AvgIpc) is 3.03. The maximum absolute atomic E-state index is 12.8. The molecule has 1 aromatic rings. The Balaban J connectivity index is 0.00000243. The maximum atomic E-state index is 12.8. The summed E-state index contributed by atoms with van der Waals surface area (Å²) in [4.78, 5) is 16.8. The Bertz CT molecular complexity index is 630. The molecule has 2 heterocycles. The lowest BCUT2D eigenvalue weighted by atomic mass is 9.90. The first-order valence-electron chi connectivity index (χ1n) is 8.99. The molecule has 1 amide bonds. The zero-order valence-electron chi connectivity index (χ0n) is 15.8. The minimum atomic E-state index is -0.149. The van der Waals surface area contributed by atoms with Crippen LogP contribution in [0.4, 0.5) is 0 Å². The molecule has 26 heavy (non-hydrogen) atoms. The van der Waals surface area contributed by atoms with Crippen molar-refractivity contribution < 1.29 is 14.3 Å². The molecule has 1 fully saturated rings. The summed E-state index contributed by atoms with van der Waals surface area (Å²) in [5.74, 6) is 1.62. The van der Waals surface area contributed by atoms with Crippen molar-refractivity contribution in [2.75, 3.05) is 39.8 Å². The molecular formula is C19H30ClN3O3. The van der Waals surface area contributed by atoms with Crippen LogP contribution in [0.25, 0.3) is 0 Å². The number of rotatable bonds is 5. The van der Waals surface area contributed by atoms with Crippen molar-refractivity contribution in [1.29, 1.82) is 0 Å². The van der Waals surface area contributed by atoms with Crippen molar-refractivity contribution in [2.45, 2.75) is 32.4 Å². The molecule has 3 atom stereocenters. The number of hydrogen-bond acceptors (Lipinski definition) is 5. The highest BCUT2D eigenvalue weighted by Crippen LogP contribution is 2.32. The summed E-state index contributed by atoms with van der Waals surface area (Å²) in [6, 6.07) is 7.48. The van der Waals surface area contributed by atoms with Crippen LogP contribution in [0.1, 0.15) is 20.3 Å². The molecule has 7 heteroatoms. The fourth-order valence-corrected chi connectivity index (χ4v) is 3.58. The molecule has 0 spiro atoms. The molecule has 6 nitrogen and oxygen atoms in total. The lowest BCUT2D eigenvalue weighted by Gasteiger charge is -2.33. The SMILES string of the molecule is CC(C(=O)N(C)CC1COc2ccccc2O1)N1CCC(C)(CN)C1.Cl. The number of benzene rings is 1. The zero-order valence-corrected chi connectivity index (χ0v) is 16.6. The Kier molecular flexibility index (Phi) is 6.77. The number of para-hydroxylation sites is 2. The highest BCUT2D eigenvalue weighted by atomic mass is 35.5. The molecule has 3 unspecified atom stereocenters. The van der Waals surface area contributed by atoms with Gasteiger partial charge in [-0.2, -0.15) is 0 Å². The minimum absolute atomic E-state index is 0. The quantitative estimate of drug-likeness (QED) is 0.839. The summed E-state index contributed by atoms with van der Waals surface area (Å²) in [6.07, 6.45) is 0.894. The van der Waals surface area contributed by atoms with Crippen LogP contribution < -0.4 is 15.2 Å². The number of carbonyl (C=O) groups is 1. The van der Waals surface area contributed by atoms with E-state index in [1.165, 1.54) is 0 Å². The van der Waals surface area contributed by atoms with Crippen molar-refractivity contribution in [1.82, 2.24) is 9.80 Å². The van der Waals surface area contributed by atoms with Crippen LogP contribution in [-0.2, 0) is 4.79 Å². The molecule has 2 aliphatic rings. The van der Waals surface area contributed by atoms with Crippen molar-refractivity contribution in [3.05, 3.63) is 24.3 Å². The number of nitrogens with zero attached hydrogens (tertiary/aromatic N) is 2. The van der Waals surface area contributed by atoms with Gasteiger partial charge in [-0.25, -0.2) is 0 Å². The molecule has 1 aromatic carbocycles. The van der Waals surface area contributed by atoms with E-state index in [1.807, 2.05) is 38.2 Å². The number of amides is 1. The normalized spacial score (nSPS) is 26.1. The van der Waals surface area contributed by atoms with Gasteiger partial charge in [0.05, 0.1) is 12.6 Å². The smallest absolute Gasteiger partial charge is 0.239 e. The van der Waals surface area contributed by atoms with Gasteiger partial charge in [-0.05, 0) is 44.0 Å². The first-order chi connectivity index (χ1) is 11.9. The second kappa shape index (κ2) is 8.46. The van der Waals surface area contributed by atoms with Gasteiger partial charge < -0.3 is 20.1 Å². The number of hydrogen-bond donors (Lipinski definition) is 1. The maximum Gasteiger partial charge on any atom is 0.239 e. The van der Waals surface area contributed by atoms with Crippen molar-refractivity contribution in [3.8, 4) is 11.5 Å². The molecule has 146 valence electrons. The standard InChI is InChI=1S/C19H29N3O3.ClH/c1-14(22-9-8-19(2,12-20)13-22)18(23)21(3)10-15-11-24-16-6-4-5-7-17(16)25-15;/h4-7,14-15H,8-13,20H2,1-3H3;1H. The number of fused-ring (bicyclic) bond motifs is 1. The number of likely N-dealkylation sites (tertiary alicyclic amines) is 1. The highest BCUT2D eigenvalue weighted by Gasteiger charge is 2.37. The molecule has 3 rings (SSSR count). The van der Waals surface area contributed by atoms with Gasteiger partial charge in [0.15, 0.2) is 17.6 Å². The minimum Gasteiger partial charge on any atom is -0.486 e. The van der Waals surface area contributed by atoms with Crippen LogP contribution in [0.3, 0.4) is 0 Å². The predicted molar refractivity (Wildman–Crippen MR) is 104 cm³/mol. The van der Waals surface area contributed by atoms with Gasteiger partial charge in [0.1, 0.15) is 6.61 Å². The molecule has 0 radical (unpaired) electrons. The predicted octanol–water partition coefficient (Wildman–Crippen LogP) is 1.77. The van der Waals surface area contributed by atoms with Crippen LogP contribution >= 0.6 is 12.4 Å². The first kappa shape index (κ1) is 20.8. The topological polar surface area (TPSA) is 68.0 Å². The summed E-state index contributed by atoms with van der Waals surface area (Å²) in [7, 11) is 1.83. The fourth-order valence-electron chi connectivity index (χ4n) is 3.58. The third-order valence-corrected chi connectivity index (χ3v) is 5.41. The highest BCUT2D eigenvalue weighted by molar-refractivity contribution is 5.85. The third-order valence-electron chi connectivity index (χ3n) is 5.41. The Morgan fingerprint density at radius 1 is 1.42 bits per heavy atom. The molecule has 0 aromatic heterocycles. The summed E-state index contributed by atoms with van der Waals surface area (Å²) in [5, 5.41) is 0. The monoisotopic (exact) mass is 383 g/mol. The van der Waals surface area contributed by atoms with Gasteiger partial charge >= 0.3 is 0 Å². The molecular weight excluding hydrogens is 354 g/mol. The van der Waals surface area contributed by atoms with Gasteiger partial charge in [0.2, 0.25) is 5.91 Å². The van der Waals surface area contributed by atoms with E-state index in [4.69, 9.17) is 15.2 Å². The largest absolute Gasteiger partial charge is 0.486 e. The van der Waals surface area contributed by atoms with Gasteiger partial charge in [-0.3, -0.25) is 9.69 Å². The van der Waals surface area contributed by atoms with Crippen LogP contribution in [0.15, 0.2) is 24.3 Å². The molecule has 2 N–H and O–H groups in total. The Morgan fingerprint density at radius 2 is 2.12 bits per heavy atom. The molecule has 0 bridgehead atoms. The van der Waals surface area contributed by atoms with Crippen molar-refractivity contribution in [3.63, 3.8) is 0 Å². The van der Waals surface area contributed by atoms with Crippen molar-refractivity contribution >= 4 is 18.3 Å². The lowest BCUT2D eigenvalue weighted by Crippen LogP contribution is -2.49. The number of likely N-dealkylation sites (N-methyl/N-ethyl adjacent to an activating group) is 1. The second-order valence-corrected chi connectivity index (χ2v) is 7.63. The average molecular weight is 384 g/mol. The number of carbonyl (C=O) groups excluding carboxylic acids is 1. The van der Waals surface area contributed by atoms with Crippen LogP contribution in [0.2, 0.25) is 0 Å². The van der Waals surface area contributed by atoms with Gasteiger partial charge in [-0.15, -0.1) is 12.4 Å². The summed E-state index contributed by atoms with van der Waals surface area (Å²) < 4.78 is 11.7. The summed E-state index contributed by atoms with van der Waals surface area (Å²) in [6.45, 7) is 7.60. The summed E-state index contributed by atoms with van der Waals surface area (Å²) >= 11 is 0. The van der Waals surface area contributed by atoms with Gasteiger partial charge in [0.25, 0.3) is 0 Å². The lowest BCUT2D eigenvalue weighted by molar-refractivity contribution is -0.136. The molecule has 0 aliphatic carbocycles. The molecule has 1 saturated heterocycles. The van der Waals surface area contributed by atoms with Gasteiger partial charge in [-0.1, -0.05) is 19.1 Å². The van der Waals surface area contributed by atoms with Crippen LogP contribution in [-0.4, -0.2) is 67.7 Å². The number of ether oxygens (including phenoxy) is 2. The van der Waals surface area contributed by atoms with E-state index in [0.29, 0.717) is 19.7 Å². The second-order valence-electron chi connectivity index (χ2n) is 7.63. The van der Waals surface area contributed by atoms with Crippen LogP contribution in [0, 0.1) is 5.41 Å². The van der Waals surface area contributed by atoms with E-state index in [0.717, 1.165) is 31.0 Å². The third kappa shape index (κ3) is 4.42. The fraction of sp³-hybridized carbons (Fsp3) is 0.632. The molecule has 2 aliphatic heterocycles. The Morgan fingerprint density at radius 3 is 2.77 bits per heavy atom. The Labute approximate surface area is 162 Å². The van der Waals surface area contributed by atoms with E-state index in [-0.39, 0.29) is 35.9 Å². The number of nitrogens with two attached hydrogens (primary N) is 1.